The summed E-state index contributed by atoms with van der Waals surface area (Å²) in [5.41, 5.74) is 0. The van der Waals surface area contributed by atoms with Crippen molar-refractivity contribution in [3.8, 4) is 0 Å². The quantitative estimate of drug-likeness (QED) is 0.910. The van der Waals surface area contributed by atoms with Crippen LogP contribution in [0.5, 0.6) is 0 Å². The van der Waals surface area contributed by atoms with E-state index in [-0.39, 0.29) is 6.54 Å². The average Bonchev–Trinajstić information content (AvgIpc) is 2.97. The number of sulfonamides is 1. The topological polar surface area (TPSA) is 76.9 Å². The van der Waals surface area contributed by atoms with E-state index in [1.807, 2.05) is 11.6 Å². The molecule has 1 aliphatic carbocycles. The third-order valence-corrected chi connectivity index (χ3v) is 6.45. The predicted octanol–water partition coefficient (Wildman–Crippen LogP) is 1.62. The van der Waals surface area contributed by atoms with Crippen LogP contribution in [0.15, 0.2) is 21.7 Å². The van der Waals surface area contributed by atoms with Crippen LogP contribution in [-0.2, 0) is 23.6 Å². The van der Waals surface area contributed by atoms with Crippen LogP contribution < -0.4 is 4.72 Å². The van der Waals surface area contributed by atoms with Crippen LogP contribution in [-0.4, -0.2) is 23.2 Å². The molecule has 0 amide bonds. The van der Waals surface area contributed by atoms with Gasteiger partial charge in [-0.25, -0.2) is 13.1 Å². The molecule has 2 aromatic rings. The zero-order valence-corrected chi connectivity index (χ0v) is 12.7. The highest BCUT2D eigenvalue weighted by molar-refractivity contribution is 7.91. The van der Waals surface area contributed by atoms with Gasteiger partial charge in [-0.1, -0.05) is 12.5 Å². The summed E-state index contributed by atoms with van der Waals surface area (Å²) in [5.74, 6) is 2.09. The molecule has 0 spiro atoms. The predicted molar refractivity (Wildman–Crippen MR) is 75.9 cm³/mol. The van der Waals surface area contributed by atoms with E-state index in [0.717, 1.165) is 18.7 Å². The minimum absolute atomic E-state index is 0.163. The highest BCUT2D eigenvalue weighted by atomic mass is 32.2. The minimum atomic E-state index is -3.45. The Morgan fingerprint density at radius 2 is 2.25 bits per heavy atom. The van der Waals surface area contributed by atoms with Crippen LogP contribution in [0.2, 0.25) is 0 Å². The molecule has 1 saturated carbocycles. The Bertz CT molecular complexity index is 687. The van der Waals surface area contributed by atoms with Gasteiger partial charge in [0, 0.05) is 13.0 Å². The van der Waals surface area contributed by atoms with Crippen LogP contribution in [0.25, 0.3) is 0 Å². The fourth-order valence-electron chi connectivity index (χ4n) is 2.20. The highest BCUT2D eigenvalue weighted by Crippen LogP contribution is 2.35. The van der Waals surface area contributed by atoms with Crippen molar-refractivity contribution in [2.45, 2.75) is 35.9 Å². The van der Waals surface area contributed by atoms with Gasteiger partial charge in [-0.15, -0.1) is 21.5 Å². The number of nitrogens with zero attached hydrogens (tertiary/aromatic N) is 3. The molecular weight excluding hydrogens is 296 g/mol. The molecule has 1 N–H and O–H groups in total. The molecule has 108 valence electrons. The van der Waals surface area contributed by atoms with Gasteiger partial charge in [-0.3, -0.25) is 0 Å². The molecule has 1 aliphatic rings. The third-order valence-electron chi connectivity index (χ3n) is 3.65. The molecular formula is C12H16N4O2S2. The van der Waals surface area contributed by atoms with E-state index < -0.39 is 10.0 Å². The summed E-state index contributed by atoms with van der Waals surface area (Å²) in [5, 5.41) is 10.0. The van der Waals surface area contributed by atoms with Crippen molar-refractivity contribution < 1.29 is 8.42 Å². The second-order valence-corrected chi connectivity index (χ2v) is 7.86. The van der Waals surface area contributed by atoms with Crippen molar-refractivity contribution in [3.05, 3.63) is 29.2 Å². The summed E-state index contributed by atoms with van der Waals surface area (Å²) in [6.07, 6.45) is 3.53. The molecule has 20 heavy (non-hydrogen) atoms. The number of nitrogens with one attached hydrogen (secondary N) is 1. The van der Waals surface area contributed by atoms with Gasteiger partial charge in [-0.05, 0) is 24.3 Å². The van der Waals surface area contributed by atoms with E-state index in [2.05, 4.69) is 14.9 Å². The first kappa shape index (κ1) is 13.7. The Kier molecular flexibility index (Phi) is 3.61. The van der Waals surface area contributed by atoms with Crippen LogP contribution in [0.1, 0.15) is 36.8 Å². The Hall–Kier alpha value is -1.25. The van der Waals surface area contributed by atoms with Crippen LogP contribution in [0.3, 0.4) is 0 Å². The molecule has 1 fully saturated rings. The maximum absolute atomic E-state index is 12.0. The summed E-state index contributed by atoms with van der Waals surface area (Å²) in [6, 6.07) is 3.31. The van der Waals surface area contributed by atoms with Gasteiger partial charge < -0.3 is 4.57 Å². The average molecular weight is 312 g/mol. The van der Waals surface area contributed by atoms with Gasteiger partial charge in [0.05, 0.1) is 6.54 Å². The largest absolute Gasteiger partial charge is 0.317 e. The molecule has 3 rings (SSSR count). The van der Waals surface area contributed by atoms with E-state index in [9.17, 15) is 8.42 Å². The molecule has 0 unspecified atom stereocenters. The molecule has 0 radical (unpaired) electrons. The number of hydrogen-bond acceptors (Lipinski definition) is 5. The monoisotopic (exact) mass is 312 g/mol. The van der Waals surface area contributed by atoms with Crippen molar-refractivity contribution >= 4 is 21.4 Å². The Labute approximate surface area is 121 Å². The van der Waals surface area contributed by atoms with E-state index in [0.29, 0.717) is 16.0 Å². The Balaban J connectivity index is 1.71. The first-order chi connectivity index (χ1) is 9.58. The summed E-state index contributed by atoms with van der Waals surface area (Å²) in [6.45, 7) is 0.163. The molecule has 0 bridgehead atoms. The lowest BCUT2D eigenvalue weighted by molar-refractivity contribution is 0.391. The zero-order chi connectivity index (χ0) is 14.2. The fourth-order valence-corrected chi connectivity index (χ4v) is 4.22. The standard InChI is InChI=1S/C12H16N4O2S2/c1-16-10(14-15-12(16)9-4-2-5-9)8-13-20(17,18)11-6-3-7-19-11/h3,6-7,9,13H,2,4-5,8H2,1H3. The van der Waals surface area contributed by atoms with Gasteiger partial charge >= 0.3 is 0 Å². The summed E-state index contributed by atoms with van der Waals surface area (Å²) in [4.78, 5) is 0. The normalized spacial score (nSPS) is 16.2. The zero-order valence-electron chi connectivity index (χ0n) is 11.1. The first-order valence-corrected chi connectivity index (χ1v) is 8.85. The van der Waals surface area contributed by atoms with E-state index in [1.54, 1.807) is 17.5 Å². The molecule has 2 aromatic heterocycles. The molecule has 2 heterocycles. The van der Waals surface area contributed by atoms with Crippen LogP contribution in [0, 0.1) is 0 Å². The SMILES string of the molecule is Cn1c(CNS(=O)(=O)c2cccs2)nnc1C1CCC1. The lowest BCUT2D eigenvalue weighted by Gasteiger charge is -2.24. The van der Waals surface area contributed by atoms with Gasteiger partial charge in [0.15, 0.2) is 0 Å². The van der Waals surface area contributed by atoms with Crippen molar-refractivity contribution in [2.75, 3.05) is 0 Å². The van der Waals surface area contributed by atoms with Crippen molar-refractivity contribution in [1.82, 2.24) is 19.5 Å². The fraction of sp³-hybridized carbons (Fsp3) is 0.500. The van der Waals surface area contributed by atoms with Crippen molar-refractivity contribution in [1.29, 1.82) is 0 Å². The van der Waals surface area contributed by atoms with Gasteiger partial charge in [0.1, 0.15) is 15.9 Å². The smallest absolute Gasteiger partial charge is 0.250 e. The number of thiophene rings is 1. The molecule has 6 nitrogen and oxygen atoms in total. The Morgan fingerprint density at radius 1 is 1.45 bits per heavy atom. The molecule has 0 saturated heterocycles. The summed E-state index contributed by atoms with van der Waals surface area (Å²) in [7, 11) is -1.56. The second-order valence-electron chi connectivity index (χ2n) is 4.92. The van der Waals surface area contributed by atoms with E-state index >= 15 is 0 Å². The number of rotatable bonds is 5. The highest BCUT2D eigenvalue weighted by Gasteiger charge is 2.25. The first-order valence-electron chi connectivity index (χ1n) is 6.49. The maximum Gasteiger partial charge on any atom is 0.250 e. The lowest BCUT2D eigenvalue weighted by atomic mass is 9.85. The lowest BCUT2D eigenvalue weighted by Crippen LogP contribution is -2.24. The number of aromatic nitrogens is 3. The van der Waals surface area contributed by atoms with Gasteiger partial charge in [-0.2, -0.15) is 0 Å². The van der Waals surface area contributed by atoms with Crippen LogP contribution in [0.4, 0.5) is 0 Å². The minimum Gasteiger partial charge on any atom is -0.317 e. The summed E-state index contributed by atoms with van der Waals surface area (Å²) >= 11 is 1.20. The van der Waals surface area contributed by atoms with Gasteiger partial charge in [0.2, 0.25) is 10.0 Å². The molecule has 0 aliphatic heterocycles. The van der Waals surface area contributed by atoms with E-state index in [4.69, 9.17) is 0 Å². The third kappa shape index (κ3) is 2.50. The van der Waals surface area contributed by atoms with Gasteiger partial charge in [0.25, 0.3) is 0 Å². The molecule has 0 aromatic carbocycles. The van der Waals surface area contributed by atoms with Crippen molar-refractivity contribution in [2.24, 2.45) is 7.05 Å². The number of hydrogen-bond donors (Lipinski definition) is 1. The summed E-state index contributed by atoms with van der Waals surface area (Å²) < 4.78 is 28.8. The second kappa shape index (κ2) is 5.27. The molecule has 8 heteroatoms. The maximum atomic E-state index is 12.0. The van der Waals surface area contributed by atoms with E-state index in [1.165, 1.54) is 17.8 Å². The van der Waals surface area contributed by atoms with Crippen molar-refractivity contribution in [3.63, 3.8) is 0 Å². The van der Waals surface area contributed by atoms with Crippen LogP contribution >= 0.6 is 11.3 Å². The Morgan fingerprint density at radius 3 is 2.85 bits per heavy atom. The molecule has 0 atom stereocenters.